The quantitative estimate of drug-likeness (QED) is 0.145. The molecule has 0 radical (unpaired) electrons. The fourth-order valence-corrected chi connectivity index (χ4v) is 13.5. The Morgan fingerprint density at radius 2 is 0.654 bits per heavy atom. The van der Waals surface area contributed by atoms with E-state index < -0.39 is 0 Å². The molecule has 0 aliphatic heterocycles. The minimum absolute atomic E-state index is 0.343. The zero-order valence-corrected chi connectivity index (χ0v) is 44.6. The predicted molar refractivity (Wildman–Crippen MR) is 336 cm³/mol. The first-order valence-corrected chi connectivity index (χ1v) is 28.4. The van der Waals surface area contributed by atoms with Crippen molar-refractivity contribution < 1.29 is 0 Å². The Kier molecular flexibility index (Phi) is 11.2. The third kappa shape index (κ3) is 7.97. The Morgan fingerprint density at radius 1 is 0.259 bits per heavy atom. The average Bonchev–Trinajstić information content (AvgIpc) is 4.40. The predicted octanol–water partition coefficient (Wildman–Crippen LogP) is 19.5. The van der Waals surface area contributed by atoms with Crippen molar-refractivity contribution in [3.05, 3.63) is 267 Å². The van der Waals surface area contributed by atoms with Gasteiger partial charge in [0.15, 0.2) is 17.5 Å². The molecule has 384 valence electrons. The van der Waals surface area contributed by atoms with Crippen molar-refractivity contribution in [3.63, 3.8) is 0 Å². The summed E-state index contributed by atoms with van der Waals surface area (Å²) in [5.74, 6) is 1.96. The summed E-state index contributed by atoms with van der Waals surface area (Å²) < 4.78 is 7.77. The maximum absolute atomic E-state index is 5.10. The van der Waals surface area contributed by atoms with Crippen LogP contribution in [-0.4, -0.2) is 28.7 Å². The Hall–Kier alpha value is -10.2. The lowest BCUT2D eigenvalue weighted by molar-refractivity contribution is 0.290. The molecular weight excluding hydrogens is 985 g/mol. The maximum atomic E-state index is 5.10. The Morgan fingerprint density at radius 3 is 1.26 bits per heavy atom. The van der Waals surface area contributed by atoms with Crippen molar-refractivity contribution in [2.24, 2.45) is 0 Å². The molecule has 0 atom stereocenters. The highest BCUT2D eigenvalue weighted by Gasteiger charge is 2.29. The molecule has 0 saturated heterocycles. The summed E-state index contributed by atoms with van der Waals surface area (Å²) in [4.78, 5) is 15.2. The second-order valence-electron chi connectivity index (χ2n) is 21.8. The van der Waals surface area contributed by atoms with E-state index in [9.17, 15) is 0 Å². The molecule has 6 heteroatoms. The molecule has 0 amide bonds. The van der Waals surface area contributed by atoms with Gasteiger partial charge >= 0.3 is 0 Å². The van der Waals surface area contributed by atoms with Crippen LogP contribution in [0.25, 0.3) is 139 Å². The van der Waals surface area contributed by atoms with E-state index in [4.69, 9.17) is 15.0 Å². The summed E-state index contributed by atoms with van der Waals surface area (Å²) in [5, 5.41) is 7.70. The van der Waals surface area contributed by atoms with Crippen molar-refractivity contribution in [2.45, 2.75) is 37.8 Å². The first-order valence-electron chi connectivity index (χ1n) is 28.4. The molecule has 81 heavy (non-hydrogen) atoms. The highest BCUT2D eigenvalue weighted by atomic mass is 15.1. The van der Waals surface area contributed by atoms with Crippen molar-refractivity contribution in [1.29, 1.82) is 0 Å². The van der Waals surface area contributed by atoms with Crippen LogP contribution in [0.1, 0.15) is 37.8 Å². The molecule has 1 saturated carbocycles. The lowest BCUT2D eigenvalue weighted by Crippen LogP contribution is -2.20. The molecule has 1 fully saturated rings. The van der Waals surface area contributed by atoms with Crippen LogP contribution in [0.15, 0.2) is 267 Å². The number of fused-ring (bicyclic) bond motifs is 9. The highest BCUT2D eigenvalue weighted by Crippen LogP contribution is 2.47. The number of benzene rings is 11. The monoisotopic (exact) mass is 1040 g/mol. The van der Waals surface area contributed by atoms with Gasteiger partial charge in [-0.3, -0.25) is 0 Å². The van der Waals surface area contributed by atoms with E-state index in [0.717, 1.165) is 47.9 Å². The second kappa shape index (κ2) is 19.3. The first kappa shape index (κ1) is 46.9. The molecule has 11 aromatic carbocycles. The van der Waals surface area contributed by atoms with Crippen molar-refractivity contribution >= 4 is 65.4 Å². The summed E-state index contributed by atoms with van der Waals surface area (Å²) in [6.45, 7) is 0. The summed E-state index contributed by atoms with van der Waals surface area (Å²) in [7, 11) is 0. The van der Waals surface area contributed by atoms with Gasteiger partial charge in [-0.1, -0.05) is 194 Å². The van der Waals surface area contributed by atoms with Crippen LogP contribution in [0.2, 0.25) is 0 Å². The summed E-state index contributed by atoms with van der Waals surface area (Å²) in [6, 6.07) is 97.5. The Labute approximate surface area is 469 Å². The molecule has 16 rings (SSSR count). The van der Waals surface area contributed by atoms with E-state index in [0.29, 0.717) is 29.6 Å². The fourth-order valence-electron chi connectivity index (χ4n) is 13.5. The maximum Gasteiger partial charge on any atom is 0.164 e. The van der Waals surface area contributed by atoms with Crippen molar-refractivity contribution in [3.8, 4) is 73.2 Å². The summed E-state index contributed by atoms with van der Waals surface area (Å²) >= 11 is 0. The van der Waals surface area contributed by atoms with E-state index in [1.807, 2.05) is 36.4 Å². The van der Waals surface area contributed by atoms with Crippen LogP contribution in [0.3, 0.4) is 0 Å². The number of hydrogen-bond donors (Lipinski definition) is 0. The van der Waals surface area contributed by atoms with Gasteiger partial charge in [0, 0.05) is 88.8 Å². The molecule has 15 aromatic rings. The van der Waals surface area contributed by atoms with Crippen LogP contribution >= 0.6 is 0 Å². The van der Waals surface area contributed by atoms with Gasteiger partial charge in [-0.15, -0.1) is 0 Å². The molecule has 0 spiro atoms. The molecule has 0 N–H and O–H groups in total. The lowest BCUT2D eigenvalue weighted by atomic mass is 9.90. The molecule has 0 bridgehead atoms. The molecule has 4 aromatic heterocycles. The minimum Gasteiger partial charge on any atom is -0.337 e. The molecular formula is C75H54N6. The first-order chi connectivity index (χ1) is 40.2. The van der Waals surface area contributed by atoms with E-state index >= 15 is 0 Å². The fraction of sp³-hybridized carbons (Fsp3) is 0.0800. The number of rotatable bonds is 9. The van der Waals surface area contributed by atoms with Crippen LogP contribution < -0.4 is 0 Å². The van der Waals surface area contributed by atoms with Crippen LogP contribution in [0, 0.1) is 0 Å². The molecule has 6 nitrogen and oxygen atoms in total. The second-order valence-corrected chi connectivity index (χ2v) is 21.8. The lowest BCUT2D eigenvalue weighted by Gasteiger charge is -2.32. The number of hydrogen-bond acceptors (Lipinski definition) is 3. The van der Waals surface area contributed by atoms with Crippen LogP contribution in [0.5, 0.6) is 0 Å². The van der Waals surface area contributed by atoms with Gasteiger partial charge in [-0.2, -0.15) is 0 Å². The molecule has 4 heterocycles. The zero-order valence-electron chi connectivity index (χ0n) is 44.6. The molecule has 1 aliphatic carbocycles. The van der Waals surface area contributed by atoms with Crippen LogP contribution in [-0.2, 0) is 0 Å². The van der Waals surface area contributed by atoms with Gasteiger partial charge in [-0.25, -0.2) is 15.0 Å². The topological polar surface area (TPSA) is 53.5 Å². The normalized spacial score (nSPS) is 14.7. The SMILES string of the molecule is c1ccc(-c2ccc3c(c2)c2cc(-c4ccc5c(c4)c4ccccc4n5-c4ccccc4)ccc2n3C2CCC(n3c4ccccc4c4c(-c5cccc(-c6nc(-c7ccccc7)nc(-c7ccccc7)n6)c5)cccc43)CC2)cc1. The summed E-state index contributed by atoms with van der Waals surface area (Å²) in [6.07, 6.45) is 4.29. The van der Waals surface area contributed by atoms with E-state index in [-0.39, 0.29) is 0 Å². The van der Waals surface area contributed by atoms with E-state index in [1.54, 1.807) is 0 Å². The van der Waals surface area contributed by atoms with Crippen molar-refractivity contribution in [2.75, 3.05) is 0 Å². The molecule has 1 aliphatic rings. The van der Waals surface area contributed by atoms with E-state index in [1.165, 1.54) is 98.9 Å². The Balaban J connectivity index is 0.759. The standard InChI is InChI=1S/C75H54N6/c1-5-19-49(20-6-1)52-35-42-69-64(46-52)65-48-54(53-36-43-68-63(47-53)61-29-13-15-32-66(61)79(68)57-27-11-4-12-28-57)37-44-70(65)80(69)58-38-40-59(41-39-58)81-67-33-16-14-30-62(67)72-60(31-18-34-71(72)81)55-25-17-26-56(45-55)75-77-73(50-21-7-2-8-22-50)76-74(78-75)51-23-9-3-10-24-51/h1-37,42-48,58-59H,38-41H2. The van der Waals surface area contributed by atoms with E-state index in [2.05, 4.69) is 244 Å². The van der Waals surface area contributed by atoms with Crippen molar-refractivity contribution in [1.82, 2.24) is 28.7 Å². The van der Waals surface area contributed by atoms with Crippen LogP contribution in [0.4, 0.5) is 0 Å². The largest absolute Gasteiger partial charge is 0.337 e. The van der Waals surface area contributed by atoms with Gasteiger partial charge in [0.05, 0.1) is 11.0 Å². The number of nitrogens with zero attached hydrogens (tertiary/aromatic N) is 6. The number of para-hydroxylation sites is 3. The smallest absolute Gasteiger partial charge is 0.164 e. The van der Waals surface area contributed by atoms with Gasteiger partial charge in [0.2, 0.25) is 0 Å². The third-order valence-electron chi connectivity index (χ3n) is 17.2. The van der Waals surface area contributed by atoms with Gasteiger partial charge in [0.1, 0.15) is 0 Å². The minimum atomic E-state index is 0.343. The average molecular weight is 1040 g/mol. The highest BCUT2D eigenvalue weighted by molar-refractivity contribution is 6.16. The zero-order chi connectivity index (χ0) is 53.4. The third-order valence-corrected chi connectivity index (χ3v) is 17.2. The summed E-state index contributed by atoms with van der Waals surface area (Å²) in [5.41, 5.74) is 18.9. The number of aromatic nitrogens is 6. The van der Waals surface area contributed by atoms with Gasteiger partial charge < -0.3 is 13.7 Å². The van der Waals surface area contributed by atoms with Gasteiger partial charge in [0.25, 0.3) is 0 Å². The Bertz CT molecular complexity index is 4820. The van der Waals surface area contributed by atoms with Gasteiger partial charge in [-0.05, 0) is 132 Å². The molecule has 0 unspecified atom stereocenters.